The summed E-state index contributed by atoms with van der Waals surface area (Å²) in [4.78, 5) is 27.8. The van der Waals surface area contributed by atoms with E-state index < -0.39 is 10.0 Å². The maximum absolute atomic E-state index is 14.3. The molecule has 3 heterocycles. The second-order valence-corrected chi connectivity index (χ2v) is 14.9. The van der Waals surface area contributed by atoms with Gasteiger partial charge in [0, 0.05) is 29.8 Å². The van der Waals surface area contributed by atoms with E-state index in [1.165, 1.54) is 12.1 Å². The minimum atomic E-state index is -4.09. The first-order valence-electron chi connectivity index (χ1n) is 15.2. The maximum Gasteiger partial charge on any atom is 0.264 e. The van der Waals surface area contributed by atoms with E-state index in [1.54, 1.807) is 18.2 Å². The third-order valence-corrected chi connectivity index (χ3v) is 10.5. The molecule has 3 aromatic rings. The fourth-order valence-electron chi connectivity index (χ4n) is 7.26. The molecule has 1 amide bonds. The van der Waals surface area contributed by atoms with Gasteiger partial charge in [-0.3, -0.25) is 4.79 Å². The summed E-state index contributed by atoms with van der Waals surface area (Å²) in [7, 11) is -1.94. The van der Waals surface area contributed by atoms with Crippen LogP contribution in [0.4, 0.5) is 5.95 Å². The Labute approximate surface area is 254 Å². The van der Waals surface area contributed by atoms with Crippen LogP contribution in [-0.4, -0.2) is 72.9 Å². The lowest BCUT2D eigenvalue weighted by Gasteiger charge is -2.52. The molecule has 1 atom stereocenters. The van der Waals surface area contributed by atoms with Crippen molar-refractivity contribution in [3.8, 4) is 17.1 Å². The van der Waals surface area contributed by atoms with E-state index in [-0.39, 0.29) is 46.7 Å². The topological polar surface area (TPSA) is 105 Å². The number of nitrogens with zero attached hydrogens (tertiary/aromatic N) is 4. The zero-order valence-electron chi connectivity index (χ0n) is 25.6. The monoisotopic (exact) mass is 603 g/mol. The lowest BCUT2D eigenvalue weighted by molar-refractivity contribution is -0.0182. The standard InChI is InChI=1S/C33H41N5O4S/c1-21(2)14-25-19-42-29-16-28(30-22(3)8-6-9-23(30)4)34-32(35-29)36-43(40,41)27-11-7-10-24(15-27)31(39)38(25)26-17-33(18-26)12-13-37(5)20-33/h6-11,15-16,21,25-26H,12-14,17-20H2,1-5H3,(H,34,35,36)/t25-,26?,33?/m1/s1. The predicted molar refractivity (Wildman–Crippen MR) is 167 cm³/mol. The van der Waals surface area contributed by atoms with E-state index in [4.69, 9.17) is 4.74 Å². The zero-order chi connectivity index (χ0) is 30.5. The number of hydrogen-bond donors (Lipinski definition) is 1. The van der Waals surface area contributed by atoms with Gasteiger partial charge in [-0.05, 0) is 93.8 Å². The number of nitrogens with one attached hydrogen (secondary N) is 1. The highest BCUT2D eigenvalue weighted by Crippen LogP contribution is 2.50. The Morgan fingerprint density at radius 3 is 2.47 bits per heavy atom. The van der Waals surface area contributed by atoms with Crippen molar-refractivity contribution in [1.29, 1.82) is 0 Å². The third-order valence-electron chi connectivity index (χ3n) is 9.21. The molecular formula is C33H41N5O4S. The quantitative estimate of drug-likeness (QED) is 0.432. The smallest absolute Gasteiger partial charge is 0.264 e. The number of fused-ring (bicyclic) bond motifs is 4. The van der Waals surface area contributed by atoms with E-state index in [0.717, 1.165) is 55.5 Å². The number of sulfonamides is 1. The Kier molecular flexibility index (Phi) is 7.71. The molecule has 6 rings (SSSR count). The Morgan fingerprint density at radius 1 is 1.07 bits per heavy atom. The van der Waals surface area contributed by atoms with Crippen molar-refractivity contribution in [1.82, 2.24) is 19.8 Å². The lowest BCUT2D eigenvalue weighted by atomic mass is 9.64. The number of carbonyl (C=O) groups excluding carboxylic acids is 1. The van der Waals surface area contributed by atoms with Crippen LogP contribution in [0.5, 0.6) is 5.88 Å². The summed E-state index contributed by atoms with van der Waals surface area (Å²) in [6.07, 6.45) is 3.75. The van der Waals surface area contributed by atoms with Crippen LogP contribution in [0, 0.1) is 25.2 Å². The van der Waals surface area contributed by atoms with Crippen LogP contribution < -0.4 is 9.46 Å². The molecule has 2 aromatic carbocycles. The highest BCUT2D eigenvalue weighted by Gasteiger charge is 2.51. The highest BCUT2D eigenvalue weighted by molar-refractivity contribution is 7.92. The van der Waals surface area contributed by atoms with E-state index >= 15 is 0 Å². The zero-order valence-corrected chi connectivity index (χ0v) is 26.4. The second kappa shape index (κ2) is 11.2. The molecule has 2 aliphatic heterocycles. The van der Waals surface area contributed by atoms with Crippen LogP contribution >= 0.6 is 0 Å². The van der Waals surface area contributed by atoms with Crippen molar-refractivity contribution in [2.75, 3.05) is 31.5 Å². The highest BCUT2D eigenvalue weighted by atomic mass is 32.2. The lowest BCUT2D eigenvalue weighted by Crippen LogP contribution is -2.58. The summed E-state index contributed by atoms with van der Waals surface area (Å²) in [6.45, 7) is 10.7. The molecule has 0 radical (unpaired) electrons. The molecule has 1 N–H and O–H groups in total. The number of rotatable bonds is 4. The van der Waals surface area contributed by atoms with Gasteiger partial charge in [-0.2, -0.15) is 4.98 Å². The van der Waals surface area contributed by atoms with Gasteiger partial charge in [0.05, 0.1) is 16.6 Å². The maximum atomic E-state index is 14.3. The summed E-state index contributed by atoms with van der Waals surface area (Å²) < 4.78 is 36.1. The molecule has 1 spiro atoms. The number of carbonyl (C=O) groups is 1. The van der Waals surface area contributed by atoms with Gasteiger partial charge >= 0.3 is 0 Å². The molecule has 228 valence electrons. The number of hydrogen-bond acceptors (Lipinski definition) is 7. The molecular weight excluding hydrogens is 562 g/mol. The Bertz CT molecular complexity index is 1630. The fraction of sp³-hybridized carbons (Fsp3) is 0.485. The summed E-state index contributed by atoms with van der Waals surface area (Å²) in [5.74, 6) is 0.339. The number of aryl methyl sites for hydroxylation is 2. The average Bonchev–Trinajstić information content (AvgIpc) is 3.32. The van der Waals surface area contributed by atoms with Gasteiger partial charge in [0.1, 0.15) is 6.61 Å². The summed E-state index contributed by atoms with van der Waals surface area (Å²) in [6, 6.07) is 13.9. The van der Waals surface area contributed by atoms with Crippen LogP contribution in [0.15, 0.2) is 53.4 Å². The van der Waals surface area contributed by atoms with Crippen molar-refractivity contribution in [2.24, 2.45) is 11.3 Å². The van der Waals surface area contributed by atoms with Gasteiger partial charge in [0.25, 0.3) is 15.9 Å². The predicted octanol–water partition coefficient (Wildman–Crippen LogP) is 5.29. The van der Waals surface area contributed by atoms with Crippen LogP contribution in [0.3, 0.4) is 0 Å². The van der Waals surface area contributed by atoms with Crippen molar-refractivity contribution in [2.45, 2.75) is 70.4 Å². The van der Waals surface area contributed by atoms with Crippen LogP contribution in [0.25, 0.3) is 11.3 Å². The molecule has 3 aliphatic rings. The van der Waals surface area contributed by atoms with Crippen LogP contribution in [0.1, 0.15) is 61.0 Å². The second-order valence-electron chi connectivity index (χ2n) is 13.2. The van der Waals surface area contributed by atoms with Crippen molar-refractivity contribution < 1.29 is 17.9 Å². The van der Waals surface area contributed by atoms with Gasteiger partial charge in [-0.25, -0.2) is 18.1 Å². The Balaban J connectivity index is 1.45. The number of amides is 1. The van der Waals surface area contributed by atoms with Crippen molar-refractivity contribution in [3.63, 3.8) is 0 Å². The molecule has 1 saturated carbocycles. The first kappa shape index (κ1) is 29.6. The SMILES string of the molecule is Cc1cccc(C)c1-c1cc2nc(n1)NS(=O)(=O)c1cccc(c1)C(=O)N(C1CC3(CCN(C)C3)C1)[C@H](CC(C)C)CO2. The minimum absolute atomic E-state index is 0.0102. The first-order chi connectivity index (χ1) is 20.4. The average molecular weight is 604 g/mol. The van der Waals surface area contributed by atoms with Crippen LogP contribution in [0.2, 0.25) is 0 Å². The molecule has 43 heavy (non-hydrogen) atoms. The number of benzene rings is 2. The number of likely N-dealkylation sites (tertiary alicyclic amines) is 1. The van der Waals surface area contributed by atoms with E-state index in [1.807, 2.05) is 36.9 Å². The molecule has 1 aliphatic carbocycles. The molecule has 9 nitrogen and oxygen atoms in total. The van der Waals surface area contributed by atoms with E-state index in [2.05, 4.69) is 40.5 Å². The molecule has 1 aromatic heterocycles. The molecule has 0 unspecified atom stereocenters. The van der Waals surface area contributed by atoms with Crippen LogP contribution in [-0.2, 0) is 10.0 Å². The largest absolute Gasteiger partial charge is 0.475 e. The Hall–Kier alpha value is -3.50. The molecule has 10 heteroatoms. The summed E-state index contributed by atoms with van der Waals surface area (Å²) in [5.41, 5.74) is 4.08. The first-order valence-corrected chi connectivity index (χ1v) is 16.6. The molecule has 2 fully saturated rings. The number of ether oxygens (including phenoxy) is 1. The summed E-state index contributed by atoms with van der Waals surface area (Å²) in [5, 5.41) is 0. The fourth-order valence-corrected chi connectivity index (χ4v) is 8.25. The normalized spacial score (nSPS) is 25.3. The number of anilines is 1. The van der Waals surface area contributed by atoms with Crippen molar-refractivity contribution in [3.05, 3.63) is 65.2 Å². The van der Waals surface area contributed by atoms with Gasteiger partial charge in [0.2, 0.25) is 11.8 Å². The van der Waals surface area contributed by atoms with Crippen molar-refractivity contribution >= 4 is 21.9 Å². The van der Waals surface area contributed by atoms with Gasteiger partial charge in [0.15, 0.2) is 0 Å². The van der Waals surface area contributed by atoms with Gasteiger partial charge < -0.3 is 14.5 Å². The van der Waals surface area contributed by atoms with Gasteiger partial charge in [-0.1, -0.05) is 38.1 Å². The molecule has 1 saturated heterocycles. The summed E-state index contributed by atoms with van der Waals surface area (Å²) >= 11 is 0. The Morgan fingerprint density at radius 2 is 1.79 bits per heavy atom. The number of aromatic nitrogens is 2. The molecule has 4 bridgehead atoms. The third kappa shape index (κ3) is 5.87. The van der Waals surface area contributed by atoms with Gasteiger partial charge in [-0.15, -0.1) is 0 Å². The van der Waals surface area contributed by atoms with E-state index in [0.29, 0.717) is 17.2 Å². The van der Waals surface area contributed by atoms with E-state index in [9.17, 15) is 13.2 Å². The minimum Gasteiger partial charge on any atom is -0.475 e.